The lowest BCUT2D eigenvalue weighted by molar-refractivity contribution is 0.569. The van der Waals surface area contributed by atoms with Crippen molar-refractivity contribution in [3.05, 3.63) is 211 Å². The van der Waals surface area contributed by atoms with E-state index in [9.17, 15) is 0 Å². The Labute approximate surface area is 365 Å². The van der Waals surface area contributed by atoms with Crippen molar-refractivity contribution in [2.24, 2.45) is 0 Å². The lowest BCUT2D eigenvalue weighted by Crippen LogP contribution is -2.16. The largest absolute Gasteiger partial charge is 0.456 e. The van der Waals surface area contributed by atoms with Crippen molar-refractivity contribution >= 4 is 49.8 Å². The Kier molecular flexibility index (Phi) is 9.68. The van der Waals surface area contributed by atoms with Crippen molar-refractivity contribution in [1.29, 1.82) is 0 Å². The van der Waals surface area contributed by atoms with E-state index in [0.717, 1.165) is 44.6 Å². The Balaban J connectivity index is 1.18. The fraction of sp³-hybridized carbons (Fsp3) is 0.133. The molecule has 0 amide bonds. The summed E-state index contributed by atoms with van der Waals surface area (Å²) >= 11 is 0. The molecule has 2 heteroatoms. The SMILES string of the molecule is CC(C)(C)c1cc(-c2cccc3cccc(-c4ccccc4N(c4ccc(-c5ccc(-c6ccccc6)cc5)cc4)c4cccc5oc6ccccc6c45)c23)cc(C(C)(C)C)c1. The third-order valence-electron chi connectivity index (χ3n) is 12.4. The maximum atomic E-state index is 6.51. The normalized spacial score (nSPS) is 12.0. The zero-order valence-corrected chi connectivity index (χ0v) is 36.4. The van der Waals surface area contributed by atoms with Gasteiger partial charge in [0.2, 0.25) is 0 Å². The van der Waals surface area contributed by atoms with Crippen LogP contribution in [0.15, 0.2) is 205 Å². The monoisotopic (exact) mass is 801 g/mol. The number of fused-ring (bicyclic) bond motifs is 4. The highest BCUT2D eigenvalue weighted by Gasteiger charge is 2.25. The van der Waals surface area contributed by atoms with Crippen molar-refractivity contribution < 1.29 is 4.42 Å². The summed E-state index contributed by atoms with van der Waals surface area (Å²) in [4.78, 5) is 2.43. The molecule has 62 heavy (non-hydrogen) atoms. The number of nitrogens with zero attached hydrogens (tertiary/aromatic N) is 1. The first kappa shape index (κ1) is 39.0. The van der Waals surface area contributed by atoms with Gasteiger partial charge in [-0.15, -0.1) is 0 Å². The van der Waals surface area contributed by atoms with Crippen LogP contribution in [0.2, 0.25) is 0 Å². The van der Waals surface area contributed by atoms with E-state index in [-0.39, 0.29) is 10.8 Å². The molecule has 0 aliphatic rings. The number of anilines is 3. The minimum absolute atomic E-state index is 0.00400. The van der Waals surface area contributed by atoms with E-state index in [0.29, 0.717) is 0 Å². The summed E-state index contributed by atoms with van der Waals surface area (Å²) in [6, 6.07) is 73.0. The summed E-state index contributed by atoms with van der Waals surface area (Å²) in [5.41, 5.74) is 17.2. The Bertz CT molecular complexity index is 3190. The van der Waals surface area contributed by atoms with Crippen LogP contribution in [0.25, 0.3) is 77.2 Å². The van der Waals surface area contributed by atoms with Crippen LogP contribution < -0.4 is 4.90 Å². The smallest absolute Gasteiger partial charge is 0.137 e. The van der Waals surface area contributed by atoms with Gasteiger partial charge in [0.1, 0.15) is 11.2 Å². The van der Waals surface area contributed by atoms with E-state index < -0.39 is 0 Å². The lowest BCUT2D eigenvalue weighted by Gasteiger charge is -2.29. The van der Waals surface area contributed by atoms with E-state index in [1.54, 1.807) is 0 Å². The number of benzene rings is 9. The molecule has 2 nitrogen and oxygen atoms in total. The Morgan fingerprint density at radius 1 is 0.355 bits per heavy atom. The Morgan fingerprint density at radius 2 is 0.855 bits per heavy atom. The second-order valence-electron chi connectivity index (χ2n) is 18.6. The molecule has 1 heterocycles. The molecule has 0 fully saturated rings. The summed E-state index contributed by atoms with van der Waals surface area (Å²) in [6.07, 6.45) is 0. The maximum Gasteiger partial charge on any atom is 0.137 e. The number of furan rings is 1. The predicted octanol–water partition coefficient (Wildman–Crippen LogP) is 17.5. The quantitative estimate of drug-likeness (QED) is 0.160. The Hall–Kier alpha value is -7.16. The van der Waals surface area contributed by atoms with Crippen LogP contribution in [0.3, 0.4) is 0 Å². The van der Waals surface area contributed by atoms with Crippen LogP contribution in [0, 0.1) is 0 Å². The molecular formula is C60H51NO. The number of para-hydroxylation sites is 2. The number of hydrogen-bond donors (Lipinski definition) is 0. The van der Waals surface area contributed by atoms with Gasteiger partial charge in [-0.05, 0) is 108 Å². The van der Waals surface area contributed by atoms with Gasteiger partial charge in [0.05, 0.1) is 16.8 Å². The first-order valence-corrected chi connectivity index (χ1v) is 21.8. The molecule has 0 radical (unpaired) electrons. The molecule has 0 aliphatic heterocycles. The zero-order valence-electron chi connectivity index (χ0n) is 36.4. The van der Waals surface area contributed by atoms with Gasteiger partial charge in [0.25, 0.3) is 0 Å². The number of hydrogen-bond acceptors (Lipinski definition) is 2. The van der Waals surface area contributed by atoms with E-state index in [4.69, 9.17) is 4.42 Å². The summed E-state index contributed by atoms with van der Waals surface area (Å²) < 4.78 is 6.51. The molecule has 10 aromatic rings. The van der Waals surface area contributed by atoms with Gasteiger partial charge in [-0.3, -0.25) is 0 Å². The van der Waals surface area contributed by atoms with Gasteiger partial charge in [0, 0.05) is 16.6 Å². The van der Waals surface area contributed by atoms with E-state index in [1.165, 1.54) is 60.8 Å². The van der Waals surface area contributed by atoms with Gasteiger partial charge in [0.15, 0.2) is 0 Å². The molecule has 0 N–H and O–H groups in total. The maximum absolute atomic E-state index is 6.51. The molecule has 10 rings (SSSR count). The van der Waals surface area contributed by atoms with Gasteiger partial charge in [-0.1, -0.05) is 205 Å². The molecule has 0 atom stereocenters. The molecule has 1 aromatic heterocycles. The summed E-state index contributed by atoms with van der Waals surface area (Å²) in [7, 11) is 0. The molecule has 9 aromatic carbocycles. The van der Waals surface area contributed by atoms with E-state index >= 15 is 0 Å². The van der Waals surface area contributed by atoms with Gasteiger partial charge in [-0.2, -0.15) is 0 Å². The third kappa shape index (κ3) is 7.16. The molecule has 0 aliphatic carbocycles. The number of rotatable bonds is 7. The standard InChI is InChI=1S/C60H51NO/c1-59(2,3)46-37-45(38-47(39-46)60(4,5)6)49-23-14-19-44-20-15-24-51(57(44)49)50-21-10-12-25-53(50)61(54-26-16-28-56-58(54)52-22-11-13-27-55(52)62-56)48-35-33-43(34-36-48)42-31-29-41(30-32-42)40-17-8-7-9-18-40/h7-39H,1-6H3. The first-order valence-electron chi connectivity index (χ1n) is 21.8. The molecule has 0 saturated heterocycles. The second kappa shape index (κ2) is 15.4. The van der Waals surface area contributed by atoms with Crippen LogP contribution in [0.5, 0.6) is 0 Å². The van der Waals surface area contributed by atoms with Crippen molar-refractivity contribution in [3.63, 3.8) is 0 Å². The molecule has 0 saturated carbocycles. The zero-order chi connectivity index (χ0) is 42.6. The topological polar surface area (TPSA) is 16.4 Å². The predicted molar refractivity (Wildman–Crippen MR) is 265 cm³/mol. The highest BCUT2D eigenvalue weighted by molar-refractivity contribution is 6.15. The average molecular weight is 802 g/mol. The summed E-state index contributed by atoms with van der Waals surface area (Å²) in [6.45, 7) is 13.9. The van der Waals surface area contributed by atoms with Gasteiger partial charge < -0.3 is 9.32 Å². The first-order chi connectivity index (χ1) is 30.0. The fourth-order valence-corrected chi connectivity index (χ4v) is 8.99. The van der Waals surface area contributed by atoms with Gasteiger partial charge in [-0.25, -0.2) is 0 Å². The minimum Gasteiger partial charge on any atom is -0.456 e. The van der Waals surface area contributed by atoms with Crippen molar-refractivity contribution in [3.8, 4) is 44.5 Å². The summed E-state index contributed by atoms with van der Waals surface area (Å²) in [5.74, 6) is 0. The average Bonchev–Trinajstić information content (AvgIpc) is 3.68. The van der Waals surface area contributed by atoms with Crippen LogP contribution in [0.4, 0.5) is 17.1 Å². The second-order valence-corrected chi connectivity index (χ2v) is 18.6. The minimum atomic E-state index is -0.00400. The highest BCUT2D eigenvalue weighted by atomic mass is 16.3. The highest BCUT2D eigenvalue weighted by Crippen LogP contribution is 2.48. The molecule has 302 valence electrons. The van der Waals surface area contributed by atoms with E-state index in [2.05, 4.69) is 241 Å². The van der Waals surface area contributed by atoms with Crippen LogP contribution in [0.1, 0.15) is 52.7 Å². The van der Waals surface area contributed by atoms with E-state index in [1.807, 2.05) is 6.07 Å². The van der Waals surface area contributed by atoms with Crippen molar-refractivity contribution in [2.75, 3.05) is 4.90 Å². The lowest BCUT2D eigenvalue weighted by atomic mass is 9.78. The Morgan fingerprint density at radius 3 is 1.52 bits per heavy atom. The van der Waals surface area contributed by atoms with Crippen LogP contribution >= 0.6 is 0 Å². The molecular weight excluding hydrogens is 751 g/mol. The van der Waals surface area contributed by atoms with Crippen molar-refractivity contribution in [2.45, 2.75) is 52.4 Å². The molecule has 0 spiro atoms. The van der Waals surface area contributed by atoms with Crippen LogP contribution in [-0.4, -0.2) is 0 Å². The third-order valence-corrected chi connectivity index (χ3v) is 12.4. The van der Waals surface area contributed by atoms with Gasteiger partial charge >= 0.3 is 0 Å². The summed E-state index contributed by atoms with van der Waals surface area (Å²) in [5, 5.41) is 4.64. The fourth-order valence-electron chi connectivity index (χ4n) is 8.99. The molecule has 0 unspecified atom stereocenters. The van der Waals surface area contributed by atoms with Crippen molar-refractivity contribution in [1.82, 2.24) is 0 Å². The molecule has 0 bridgehead atoms. The van der Waals surface area contributed by atoms with Crippen LogP contribution in [-0.2, 0) is 10.8 Å².